The van der Waals surface area contributed by atoms with E-state index in [-0.39, 0.29) is 12.0 Å². The molecule has 24 heavy (non-hydrogen) atoms. The fourth-order valence-corrected chi connectivity index (χ4v) is 3.70. The summed E-state index contributed by atoms with van der Waals surface area (Å²) in [6.45, 7) is 12.1. The summed E-state index contributed by atoms with van der Waals surface area (Å²) in [6, 6.07) is 0. The van der Waals surface area contributed by atoms with E-state index in [4.69, 9.17) is 9.73 Å². The van der Waals surface area contributed by atoms with Gasteiger partial charge in [-0.05, 0) is 45.1 Å². The van der Waals surface area contributed by atoms with Crippen LogP contribution < -0.4 is 10.6 Å². The van der Waals surface area contributed by atoms with Gasteiger partial charge in [-0.2, -0.15) is 0 Å². The molecule has 0 aliphatic carbocycles. The maximum atomic E-state index is 9.33. The standard InChI is InChI=1S/C18H36N4O2/c1-3-19-17(20-8-10-22-9-4-5-16(2)13-22)21-14-18(6-11-23)7-12-24-15-18/h16,23H,3-15H2,1-2H3,(H2,19,20,21). The van der Waals surface area contributed by atoms with E-state index in [0.29, 0.717) is 13.2 Å². The number of likely N-dealkylation sites (tertiary alicyclic amines) is 1. The van der Waals surface area contributed by atoms with Crippen molar-refractivity contribution in [2.75, 3.05) is 59.1 Å². The molecule has 2 aliphatic heterocycles. The number of ether oxygens (including phenoxy) is 1. The minimum absolute atomic E-state index is 0.0133. The topological polar surface area (TPSA) is 69.1 Å². The number of guanidine groups is 1. The third-order valence-electron chi connectivity index (χ3n) is 5.21. The molecular weight excluding hydrogens is 304 g/mol. The molecule has 2 unspecified atom stereocenters. The third kappa shape index (κ3) is 6.22. The van der Waals surface area contributed by atoms with Gasteiger partial charge in [0.2, 0.25) is 0 Å². The van der Waals surface area contributed by atoms with Crippen molar-refractivity contribution in [1.82, 2.24) is 15.5 Å². The van der Waals surface area contributed by atoms with E-state index in [0.717, 1.165) is 51.0 Å². The van der Waals surface area contributed by atoms with E-state index in [9.17, 15) is 5.11 Å². The molecule has 2 atom stereocenters. The van der Waals surface area contributed by atoms with E-state index in [2.05, 4.69) is 29.4 Å². The molecule has 2 rings (SSSR count). The second kappa shape index (κ2) is 10.2. The van der Waals surface area contributed by atoms with E-state index < -0.39 is 0 Å². The quantitative estimate of drug-likeness (QED) is 0.455. The predicted molar refractivity (Wildman–Crippen MR) is 98.4 cm³/mol. The first-order valence-corrected chi connectivity index (χ1v) is 9.60. The molecule has 0 aromatic carbocycles. The Bertz CT molecular complexity index is 383. The van der Waals surface area contributed by atoms with Crippen molar-refractivity contribution in [1.29, 1.82) is 0 Å². The maximum Gasteiger partial charge on any atom is 0.191 e. The van der Waals surface area contributed by atoms with Crippen LogP contribution in [0.4, 0.5) is 0 Å². The van der Waals surface area contributed by atoms with Gasteiger partial charge >= 0.3 is 0 Å². The molecule has 0 aromatic rings. The summed E-state index contributed by atoms with van der Waals surface area (Å²) in [6.07, 6.45) is 4.44. The Kier molecular flexibility index (Phi) is 8.29. The largest absolute Gasteiger partial charge is 0.396 e. The number of piperidine rings is 1. The Balaban J connectivity index is 1.79. The van der Waals surface area contributed by atoms with E-state index >= 15 is 0 Å². The minimum atomic E-state index is 0.0133. The summed E-state index contributed by atoms with van der Waals surface area (Å²) < 4.78 is 5.55. The van der Waals surface area contributed by atoms with Gasteiger partial charge in [-0.3, -0.25) is 4.99 Å². The lowest BCUT2D eigenvalue weighted by Crippen LogP contribution is -2.44. The lowest BCUT2D eigenvalue weighted by atomic mass is 9.84. The number of nitrogens with zero attached hydrogens (tertiary/aromatic N) is 2. The molecule has 140 valence electrons. The zero-order chi connectivity index (χ0) is 17.3. The highest BCUT2D eigenvalue weighted by Gasteiger charge is 2.34. The molecule has 3 N–H and O–H groups in total. The maximum absolute atomic E-state index is 9.33. The molecule has 0 saturated carbocycles. The second-order valence-electron chi connectivity index (χ2n) is 7.45. The van der Waals surface area contributed by atoms with Gasteiger partial charge in [-0.1, -0.05) is 6.92 Å². The van der Waals surface area contributed by atoms with Crippen LogP contribution in [0.25, 0.3) is 0 Å². The van der Waals surface area contributed by atoms with Gasteiger partial charge in [0.1, 0.15) is 0 Å². The Labute approximate surface area is 147 Å². The summed E-state index contributed by atoms with van der Waals surface area (Å²) in [5, 5.41) is 16.1. The molecule has 0 bridgehead atoms. The lowest BCUT2D eigenvalue weighted by Gasteiger charge is -2.31. The molecule has 0 spiro atoms. The van der Waals surface area contributed by atoms with Crippen LogP contribution in [0.5, 0.6) is 0 Å². The molecular formula is C18H36N4O2. The average Bonchev–Trinajstić information content (AvgIpc) is 3.02. The van der Waals surface area contributed by atoms with Crippen LogP contribution in [0.2, 0.25) is 0 Å². The summed E-state index contributed by atoms with van der Waals surface area (Å²) in [4.78, 5) is 7.31. The molecule has 0 aromatic heterocycles. The Morgan fingerprint density at radius 1 is 1.42 bits per heavy atom. The van der Waals surface area contributed by atoms with E-state index in [1.54, 1.807) is 0 Å². The monoisotopic (exact) mass is 340 g/mol. The third-order valence-corrected chi connectivity index (χ3v) is 5.21. The van der Waals surface area contributed by atoms with Crippen molar-refractivity contribution in [3.05, 3.63) is 0 Å². The molecule has 6 heteroatoms. The Morgan fingerprint density at radius 2 is 2.29 bits per heavy atom. The second-order valence-corrected chi connectivity index (χ2v) is 7.45. The van der Waals surface area contributed by atoms with Gasteiger partial charge in [0.15, 0.2) is 5.96 Å². The van der Waals surface area contributed by atoms with E-state index in [1.807, 2.05) is 0 Å². The van der Waals surface area contributed by atoms with Crippen molar-refractivity contribution < 1.29 is 9.84 Å². The summed E-state index contributed by atoms with van der Waals surface area (Å²) in [5.74, 6) is 1.70. The predicted octanol–water partition coefficient (Wildman–Crippen LogP) is 1.06. The van der Waals surface area contributed by atoms with Gasteiger partial charge < -0.3 is 25.4 Å². The SMILES string of the molecule is CCNC(=NCC1(CCO)CCOC1)NCCN1CCCC(C)C1. The molecule has 0 amide bonds. The number of aliphatic hydroxyl groups excluding tert-OH is 1. The fraction of sp³-hybridized carbons (Fsp3) is 0.944. The first-order valence-electron chi connectivity index (χ1n) is 9.60. The molecule has 2 fully saturated rings. The van der Waals surface area contributed by atoms with Crippen LogP contribution >= 0.6 is 0 Å². The Morgan fingerprint density at radius 3 is 2.96 bits per heavy atom. The molecule has 2 saturated heterocycles. The van der Waals surface area contributed by atoms with Crippen molar-refractivity contribution in [2.45, 2.75) is 39.5 Å². The van der Waals surface area contributed by atoms with Crippen LogP contribution in [-0.2, 0) is 4.74 Å². The number of aliphatic imine (C=N–C) groups is 1. The Hall–Kier alpha value is -0.850. The highest BCUT2D eigenvalue weighted by atomic mass is 16.5. The van der Waals surface area contributed by atoms with Crippen molar-refractivity contribution in [3.63, 3.8) is 0 Å². The van der Waals surface area contributed by atoms with Crippen LogP contribution in [0, 0.1) is 11.3 Å². The first kappa shape index (κ1) is 19.5. The molecule has 2 aliphatic rings. The van der Waals surface area contributed by atoms with Crippen LogP contribution in [0.15, 0.2) is 4.99 Å². The number of hydrogen-bond donors (Lipinski definition) is 3. The molecule has 0 radical (unpaired) electrons. The summed E-state index contributed by atoms with van der Waals surface area (Å²) in [7, 11) is 0. The smallest absolute Gasteiger partial charge is 0.191 e. The lowest BCUT2D eigenvalue weighted by molar-refractivity contribution is 0.131. The summed E-state index contributed by atoms with van der Waals surface area (Å²) in [5.41, 5.74) is 0.0133. The van der Waals surface area contributed by atoms with Gasteiger partial charge in [0.05, 0.1) is 13.2 Å². The summed E-state index contributed by atoms with van der Waals surface area (Å²) >= 11 is 0. The molecule has 6 nitrogen and oxygen atoms in total. The first-order chi connectivity index (χ1) is 11.7. The van der Waals surface area contributed by atoms with Crippen LogP contribution in [0.1, 0.15) is 39.5 Å². The number of rotatable bonds is 8. The van der Waals surface area contributed by atoms with E-state index in [1.165, 1.54) is 25.9 Å². The van der Waals surface area contributed by atoms with Crippen LogP contribution in [0.3, 0.4) is 0 Å². The van der Waals surface area contributed by atoms with Crippen molar-refractivity contribution >= 4 is 5.96 Å². The highest BCUT2D eigenvalue weighted by molar-refractivity contribution is 5.79. The average molecular weight is 341 g/mol. The highest BCUT2D eigenvalue weighted by Crippen LogP contribution is 2.32. The van der Waals surface area contributed by atoms with Gasteiger partial charge in [-0.25, -0.2) is 0 Å². The zero-order valence-corrected chi connectivity index (χ0v) is 15.5. The number of aliphatic hydroxyl groups is 1. The zero-order valence-electron chi connectivity index (χ0n) is 15.5. The van der Waals surface area contributed by atoms with Gasteiger partial charge in [0, 0.05) is 44.8 Å². The fourth-order valence-electron chi connectivity index (χ4n) is 3.70. The minimum Gasteiger partial charge on any atom is -0.396 e. The van der Waals surface area contributed by atoms with Gasteiger partial charge in [-0.15, -0.1) is 0 Å². The van der Waals surface area contributed by atoms with Gasteiger partial charge in [0.25, 0.3) is 0 Å². The number of nitrogens with one attached hydrogen (secondary N) is 2. The van der Waals surface area contributed by atoms with Crippen molar-refractivity contribution in [2.24, 2.45) is 16.3 Å². The number of hydrogen-bond acceptors (Lipinski definition) is 4. The normalized spacial score (nSPS) is 29.0. The van der Waals surface area contributed by atoms with Crippen LogP contribution in [-0.4, -0.2) is 75.1 Å². The molecule has 2 heterocycles. The van der Waals surface area contributed by atoms with Crippen molar-refractivity contribution in [3.8, 4) is 0 Å².